The molecule has 0 unspecified atom stereocenters. The SMILES string of the molecule is c1cc2c3ccc4c1c3c42. The van der Waals surface area contributed by atoms with Gasteiger partial charge in [0.1, 0.15) is 0 Å². The van der Waals surface area contributed by atoms with Gasteiger partial charge in [0.15, 0.2) is 0 Å². The molecular weight excluding hydrogens is 120 g/mol. The van der Waals surface area contributed by atoms with Crippen LogP contribution in [0.2, 0.25) is 0 Å². The van der Waals surface area contributed by atoms with Crippen molar-refractivity contribution in [3.63, 3.8) is 0 Å². The van der Waals surface area contributed by atoms with Gasteiger partial charge in [0.05, 0.1) is 0 Å². The molecule has 0 amide bonds. The summed E-state index contributed by atoms with van der Waals surface area (Å²) >= 11 is 0. The maximum absolute atomic E-state index is 2.24. The molecule has 6 bridgehead atoms. The molecule has 0 aromatic heterocycles. The van der Waals surface area contributed by atoms with E-state index in [-0.39, 0.29) is 0 Å². The Bertz CT molecular complexity index is 418. The van der Waals surface area contributed by atoms with E-state index in [1.54, 1.807) is 10.8 Å². The van der Waals surface area contributed by atoms with Crippen molar-refractivity contribution in [1.29, 1.82) is 0 Å². The molecule has 0 heterocycles. The lowest BCUT2D eigenvalue weighted by Gasteiger charge is -2.24. The number of hydrogen-bond donors (Lipinski definition) is 0. The van der Waals surface area contributed by atoms with Gasteiger partial charge >= 0.3 is 0 Å². The molecule has 0 atom stereocenters. The summed E-state index contributed by atoms with van der Waals surface area (Å²) in [6.45, 7) is 0. The van der Waals surface area contributed by atoms with Gasteiger partial charge in [0.25, 0.3) is 0 Å². The molecule has 44 valence electrons. The van der Waals surface area contributed by atoms with Gasteiger partial charge in [-0.2, -0.15) is 0 Å². The van der Waals surface area contributed by atoms with Crippen LogP contribution in [0, 0.1) is 0 Å². The van der Waals surface area contributed by atoms with Crippen molar-refractivity contribution in [2.45, 2.75) is 0 Å². The Morgan fingerprint density at radius 3 is 1.00 bits per heavy atom. The highest BCUT2D eigenvalue weighted by molar-refractivity contribution is 6.48. The molecule has 0 aliphatic heterocycles. The molecule has 0 N–H and O–H groups in total. The van der Waals surface area contributed by atoms with Crippen LogP contribution in [0.4, 0.5) is 0 Å². The summed E-state index contributed by atoms with van der Waals surface area (Å²) in [5.74, 6) is 0. The van der Waals surface area contributed by atoms with Gasteiger partial charge in [-0.05, 0) is 32.3 Å². The maximum Gasteiger partial charge on any atom is -0.00139 e. The largest absolute Gasteiger partial charge is 0.0531 e. The lowest BCUT2D eigenvalue weighted by Crippen LogP contribution is -1.96. The molecular formula is C10H4. The van der Waals surface area contributed by atoms with Crippen LogP contribution in [0.15, 0.2) is 24.3 Å². The Hall–Kier alpha value is -1.30. The first-order valence-electron chi connectivity index (χ1n) is 3.57. The Morgan fingerprint density at radius 1 is 0.500 bits per heavy atom. The number of hydrogen-bond acceptors (Lipinski definition) is 0. The summed E-state index contributed by atoms with van der Waals surface area (Å²) in [5.41, 5.74) is 0. The summed E-state index contributed by atoms with van der Waals surface area (Å²) in [6, 6.07) is 8.94. The van der Waals surface area contributed by atoms with Gasteiger partial charge in [-0.3, -0.25) is 0 Å². The fourth-order valence-electron chi connectivity index (χ4n) is 2.27. The zero-order valence-electron chi connectivity index (χ0n) is 5.31. The molecule has 7 aromatic carbocycles. The fraction of sp³-hybridized carbons (Fsp3) is 0. The van der Waals surface area contributed by atoms with E-state index < -0.39 is 0 Å². The molecule has 0 saturated carbocycles. The van der Waals surface area contributed by atoms with Crippen LogP contribution in [0.3, 0.4) is 0 Å². The molecule has 7 aromatic rings. The second-order valence-electron chi connectivity index (χ2n) is 3.07. The third-order valence-electron chi connectivity index (χ3n) is 2.74. The zero-order chi connectivity index (χ0) is 6.29. The summed E-state index contributed by atoms with van der Waals surface area (Å²) in [6.07, 6.45) is 0. The predicted molar refractivity (Wildman–Crippen MR) is 43.7 cm³/mol. The van der Waals surface area contributed by atoms with E-state index in [9.17, 15) is 0 Å². The Kier molecular flexibility index (Phi) is 0.304. The van der Waals surface area contributed by atoms with Crippen LogP contribution < -0.4 is 0 Å². The van der Waals surface area contributed by atoms with Crippen LogP contribution in [0.1, 0.15) is 0 Å². The minimum absolute atomic E-state index is 1.49. The molecule has 0 spiro atoms. The average Bonchev–Trinajstić information content (AvgIpc) is 2.05. The standard InChI is InChI=1S/C10H4/c1-2-6-8-4-3-7-5(1)9(8)10(6)7/h1-4H. The molecule has 0 nitrogen and oxygen atoms in total. The minimum atomic E-state index is 1.49. The van der Waals surface area contributed by atoms with Crippen LogP contribution in [0.25, 0.3) is 32.3 Å². The summed E-state index contributed by atoms with van der Waals surface area (Å²) in [7, 11) is 0. The van der Waals surface area contributed by atoms with Gasteiger partial charge in [-0.15, -0.1) is 0 Å². The van der Waals surface area contributed by atoms with Crippen molar-refractivity contribution >= 4 is 32.3 Å². The van der Waals surface area contributed by atoms with Crippen molar-refractivity contribution in [3.05, 3.63) is 24.3 Å². The highest BCUT2D eigenvalue weighted by Crippen LogP contribution is 2.51. The number of rotatable bonds is 0. The van der Waals surface area contributed by atoms with E-state index in [0.29, 0.717) is 0 Å². The van der Waals surface area contributed by atoms with E-state index in [4.69, 9.17) is 0 Å². The summed E-state index contributed by atoms with van der Waals surface area (Å²) in [5, 5.41) is 9.06. The van der Waals surface area contributed by atoms with Crippen LogP contribution in [0.5, 0.6) is 0 Å². The van der Waals surface area contributed by atoms with Crippen LogP contribution in [-0.4, -0.2) is 0 Å². The van der Waals surface area contributed by atoms with E-state index in [0.717, 1.165) is 0 Å². The van der Waals surface area contributed by atoms with Crippen LogP contribution in [-0.2, 0) is 0 Å². The molecule has 0 aliphatic rings. The molecule has 0 fully saturated rings. The van der Waals surface area contributed by atoms with E-state index >= 15 is 0 Å². The van der Waals surface area contributed by atoms with Crippen molar-refractivity contribution in [1.82, 2.24) is 0 Å². The first-order valence-corrected chi connectivity index (χ1v) is 3.57. The van der Waals surface area contributed by atoms with Crippen molar-refractivity contribution in [2.75, 3.05) is 0 Å². The first-order chi connectivity index (χ1) is 4.97. The van der Waals surface area contributed by atoms with Gasteiger partial charge in [0.2, 0.25) is 0 Å². The van der Waals surface area contributed by atoms with Crippen LogP contribution >= 0.6 is 0 Å². The lowest BCUT2D eigenvalue weighted by molar-refractivity contribution is 1.82. The summed E-state index contributed by atoms with van der Waals surface area (Å²) < 4.78 is 0. The Labute approximate surface area is 57.4 Å². The third-order valence-corrected chi connectivity index (χ3v) is 2.74. The smallest absolute Gasteiger partial charge is 0.00139 e. The molecule has 0 aliphatic carbocycles. The molecule has 10 heavy (non-hydrogen) atoms. The number of benzene rings is 7. The first kappa shape index (κ1) is 3.77. The second-order valence-corrected chi connectivity index (χ2v) is 3.07. The molecule has 0 saturated heterocycles. The van der Waals surface area contributed by atoms with Crippen molar-refractivity contribution in [2.24, 2.45) is 0 Å². The van der Waals surface area contributed by atoms with E-state index in [2.05, 4.69) is 24.3 Å². The molecule has 7 rings (SSSR count). The maximum atomic E-state index is 2.24. The fourth-order valence-corrected chi connectivity index (χ4v) is 2.27. The third kappa shape index (κ3) is 0.162. The van der Waals surface area contributed by atoms with Crippen molar-refractivity contribution < 1.29 is 0 Å². The lowest BCUT2D eigenvalue weighted by atomic mass is 9.78. The Balaban J connectivity index is 2.80. The highest BCUT2D eigenvalue weighted by Gasteiger charge is 2.22. The van der Waals surface area contributed by atoms with Gasteiger partial charge in [0, 0.05) is 0 Å². The van der Waals surface area contributed by atoms with Gasteiger partial charge in [-0.25, -0.2) is 0 Å². The van der Waals surface area contributed by atoms with Gasteiger partial charge in [-0.1, -0.05) is 24.3 Å². The highest BCUT2D eigenvalue weighted by atomic mass is 14.2. The monoisotopic (exact) mass is 124 g/mol. The Morgan fingerprint density at radius 2 is 0.800 bits per heavy atom. The topological polar surface area (TPSA) is 0 Å². The quantitative estimate of drug-likeness (QED) is 0.338. The second kappa shape index (κ2) is 0.807. The number of fused-ring (bicyclic) bond motifs is 1. The van der Waals surface area contributed by atoms with Gasteiger partial charge < -0.3 is 0 Å². The minimum Gasteiger partial charge on any atom is -0.0531 e. The predicted octanol–water partition coefficient (Wildman–Crippen LogP) is 2.90. The normalized spacial score (nSPS) is 14.0. The average molecular weight is 124 g/mol. The summed E-state index contributed by atoms with van der Waals surface area (Å²) in [4.78, 5) is 0. The zero-order valence-corrected chi connectivity index (χ0v) is 5.31. The van der Waals surface area contributed by atoms with E-state index in [1.165, 1.54) is 21.5 Å². The van der Waals surface area contributed by atoms with E-state index in [1.807, 2.05) is 0 Å². The van der Waals surface area contributed by atoms with Crippen molar-refractivity contribution in [3.8, 4) is 0 Å². The molecule has 0 heteroatoms. The molecule has 0 radical (unpaired) electrons.